The number of rotatable bonds is 4. The first-order chi connectivity index (χ1) is 8.16. The van der Waals surface area contributed by atoms with Gasteiger partial charge >= 0.3 is 5.97 Å². The van der Waals surface area contributed by atoms with Crippen molar-refractivity contribution >= 4 is 40.9 Å². The first-order valence-electron chi connectivity index (χ1n) is 4.58. The predicted molar refractivity (Wildman–Crippen MR) is 67.9 cm³/mol. The molecule has 17 heavy (non-hydrogen) atoms. The van der Waals surface area contributed by atoms with Gasteiger partial charge in [-0.05, 0) is 29.2 Å². The molecule has 4 nitrogen and oxygen atoms in total. The van der Waals surface area contributed by atoms with E-state index in [-0.39, 0.29) is 5.56 Å². The van der Waals surface area contributed by atoms with E-state index in [1.165, 1.54) is 35.7 Å². The highest BCUT2D eigenvalue weighted by Crippen LogP contribution is 2.27. The second-order valence-electron chi connectivity index (χ2n) is 3.11. The van der Waals surface area contributed by atoms with E-state index in [0.29, 0.717) is 10.8 Å². The van der Waals surface area contributed by atoms with E-state index in [9.17, 15) is 4.79 Å². The van der Waals surface area contributed by atoms with Gasteiger partial charge in [-0.25, -0.2) is 9.78 Å². The van der Waals surface area contributed by atoms with Gasteiger partial charge in [-0.1, -0.05) is 29.4 Å². The van der Waals surface area contributed by atoms with Crippen LogP contribution in [0.15, 0.2) is 28.9 Å². The molecule has 1 N–H and O–H groups in total. The maximum absolute atomic E-state index is 10.7. The lowest BCUT2D eigenvalue weighted by atomic mass is 10.1. The normalized spacial score (nSPS) is 10.4. The van der Waals surface area contributed by atoms with Crippen LogP contribution < -0.4 is 0 Å². The number of carboxylic acids is 1. The summed E-state index contributed by atoms with van der Waals surface area (Å²) in [5, 5.41) is 9.26. The van der Waals surface area contributed by atoms with Crippen LogP contribution >= 0.6 is 34.9 Å². The van der Waals surface area contributed by atoms with Crippen LogP contribution in [-0.4, -0.2) is 20.4 Å². The third-order valence-corrected chi connectivity index (χ3v) is 4.19. The van der Waals surface area contributed by atoms with Gasteiger partial charge < -0.3 is 5.11 Å². The zero-order valence-corrected chi connectivity index (χ0v) is 10.8. The molecule has 0 aliphatic heterocycles. The number of nitrogens with zero attached hydrogens (tertiary/aromatic N) is 2. The van der Waals surface area contributed by atoms with E-state index in [0.717, 1.165) is 9.90 Å². The van der Waals surface area contributed by atoms with Crippen LogP contribution in [0.2, 0.25) is 5.02 Å². The van der Waals surface area contributed by atoms with Gasteiger partial charge in [0, 0.05) is 10.8 Å². The van der Waals surface area contributed by atoms with Crippen molar-refractivity contribution < 1.29 is 9.90 Å². The second-order valence-corrected chi connectivity index (χ2v) is 5.52. The van der Waals surface area contributed by atoms with E-state index >= 15 is 0 Å². The first kappa shape index (κ1) is 12.3. The molecular formula is C10H7ClN2O2S2. The van der Waals surface area contributed by atoms with Gasteiger partial charge in [0.15, 0.2) is 4.34 Å². The highest BCUT2D eigenvalue weighted by molar-refractivity contribution is 8.00. The smallest absolute Gasteiger partial charge is 0.335 e. The number of aromatic carboxylic acids is 1. The average Bonchev–Trinajstić information content (AvgIpc) is 2.80. The number of aromatic nitrogens is 2. The highest BCUT2D eigenvalue weighted by atomic mass is 35.5. The zero-order valence-electron chi connectivity index (χ0n) is 8.46. The summed E-state index contributed by atoms with van der Waals surface area (Å²) in [6.45, 7) is 0. The Morgan fingerprint density at radius 1 is 1.53 bits per heavy atom. The van der Waals surface area contributed by atoms with E-state index in [1.807, 2.05) is 0 Å². The van der Waals surface area contributed by atoms with Gasteiger partial charge in [-0.2, -0.15) is 4.37 Å². The fourth-order valence-corrected chi connectivity index (χ4v) is 2.94. The summed E-state index contributed by atoms with van der Waals surface area (Å²) in [5.41, 5.74) is 1.08. The predicted octanol–water partition coefficient (Wildman–Crippen LogP) is 3.18. The quantitative estimate of drug-likeness (QED) is 0.875. The SMILES string of the molecule is O=C(O)c1ccc(CSc2ncns2)c(Cl)c1. The van der Waals surface area contributed by atoms with Gasteiger partial charge in [0.25, 0.3) is 0 Å². The number of hydrogen-bond acceptors (Lipinski definition) is 5. The number of thioether (sulfide) groups is 1. The lowest BCUT2D eigenvalue weighted by Gasteiger charge is -2.03. The summed E-state index contributed by atoms with van der Waals surface area (Å²) in [4.78, 5) is 14.8. The molecule has 0 amide bonds. The summed E-state index contributed by atoms with van der Waals surface area (Å²) < 4.78 is 4.76. The molecular weight excluding hydrogens is 280 g/mol. The maximum atomic E-state index is 10.7. The Balaban J connectivity index is 2.09. The number of halogens is 1. The second kappa shape index (κ2) is 5.48. The van der Waals surface area contributed by atoms with Crippen LogP contribution in [0.1, 0.15) is 15.9 Å². The highest BCUT2D eigenvalue weighted by Gasteiger charge is 2.08. The Morgan fingerprint density at radius 2 is 2.35 bits per heavy atom. The molecule has 0 aliphatic carbocycles. The Hall–Kier alpha value is -1.11. The summed E-state index contributed by atoms with van der Waals surface area (Å²) in [5.74, 6) is -0.330. The summed E-state index contributed by atoms with van der Waals surface area (Å²) in [6.07, 6.45) is 1.50. The number of carbonyl (C=O) groups is 1. The summed E-state index contributed by atoms with van der Waals surface area (Å²) >= 11 is 8.85. The van der Waals surface area contributed by atoms with Crippen molar-refractivity contribution in [1.82, 2.24) is 9.36 Å². The molecule has 0 spiro atoms. The molecule has 0 atom stereocenters. The van der Waals surface area contributed by atoms with Gasteiger partial charge in [0.2, 0.25) is 0 Å². The Kier molecular flexibility index (Phi) is 3.98. The summed E-state index contributed by atoms with van der Waals surface area (Å²) in [7, 11) is 0. The molecule has 1 aromatic carbocycles. The molecule has 0 bridgehead atoms. The first-order valence-corrected chi connectivity index (χ1v) is 6.71. The monoisotopic (exact) mass is 286 g/mol. The van der Waals surface area contributed by atoms with Crippen LogP contribution in [0.25, 0.3) is 0 Å². The van der Waals surface area contributed by atoms with Crippen molar-refractivity contribution in [2.45, 2.75) is 10.1 Å². The molecule has 1 heterocycles. The van der Waals surface area contributed by atoms with Gasteiger partial charge in [-0.3, -0.25) is 0 Å². The largest absolute Gasteiger partial charge is 0.478 e. The number of carboxylic acid groups (broad SMARTS) is 1. The van der Waals surface area contributed by atoms with Gasteiger partial charge in [0.05, 0.1) is 5.56 Å². The lowest BCUT2D eigenvalue weighted by Crippen LogP contribution is -1.96. The van der Waals surface area contributed by atoms with Crippen LogP contribution in [0, 0.1) is 0 Å². The standard InChI is InChI=1S/C10H7ClN2O2S2/c11-8-3-6(9(14)15)1-2-7(8)4-16-10-12-5-13-17-10/h1-3,5H,4H2,(H,14,15). The third-order valence-electron chi connectivity index (χ3n) is 1.99. The fraction of sp³-hybridized carbons (Fsp3) is 0.100. The van der Waals surface area contributed by atoms with E-state index in [4.69, 9.17) is 16.7 Å². The summed E-state index contributed by atoms with van der Waals surface area (Å²) in [6, 6.07) is 4.73. The van der Waals surface area contributed by atoms with E-state index in [2.05, 4.69) is 9.36 Å². The van der Waals surface area contributed by atoms with E-state index in [1.54, 1.807) is 12.1 Å². The molecule has 88 valence electrons. The van der Waals surface area contributed by atoms with Crippen molar-refractivity contribution in [3.8, 4) is 0 Å². The minimum absolute atomic E-state index is 0.194. The minimum atomic E-state index is -0.977. The van der Waals surface area contributed by atoms with Crippen molar-refractivity contribution in [3.05, 3.63) is 40.7 Å². The molecule has 0 radical (unpaired) electrons. The molecule has 0 unspecified atom stereocenters. The Labute approximate surface area is 111 Å². The molecule has 0 saturated heterocycles. The number of benzene rings is 1. The van der Waals surface area contributed by atoms with Crippen molar-refractivity contribution in [3.63, 3.8) is 0 Å². The minimum Gasteiger partial charge on any atom is -0.478 e. The molecule has 2 rings (SSSR count). The average molecular weight is 287 g/mol. The van der Waals surface area contributed by atoms with Crippen molar-refractivity contribution in [2.24, 2.45) is 0 Å². The zero-order chi connectivity index (χ0) is 12.3. The number of hydrogen-bond donors (Lipinski definition) is 1. The maximum Gasteiger partial charge on any atom is 0.335 e. The molecule has 0 saturated carbocycles. The third kappa shape index (κ3) is 3.18. The van der Waals surface area contributed by atoms with Gasteiger partial charge in [-0.15, -0.1) is 0 Å². The molecule has 1 aromatic heterocycles. The van der Waals surface area contributed by atoms with Gasteiger partial charge in [0.1, 0.15) is 6.33 Å². The molecule has 0 aliphatic rings. The van der Waals surface area contributed by atoms with Crippen LogP contribution in [0.3, 0.4) is 0 Å². The van der Waals surface area contributed by atoms with Crippen LogP contribution in [0.4, 0.5) is 0 Å². The molecule has 7 heteroatoms. The van der Waals surface area contributed by atoms with Crippen molar-refractivity contribution in [2.75, 3.05) is 0 Å². The topological polar surface area (TPSA) is 63.1 Å². The van der Waals surface area contributed by atoms with Crippen LogP contribution in [0.5, 0.6) is 0 Å². The fourth-order valence-electron chi connectivity index (χ4n) is 1.16. The lowest BCUT2D eigenvalue weighted by molar-refractivity contribution is 0.0697. The Morgan fingerprint density at radius 3 is 2.94 bits per heavy atom. The van der Waals surface area contributed by atoms with Crippen LogP contribution in [-0.2, 0) is 5.75 Å². The molecule has 2 aromatic rings. The van der Waals surface area contributed by atoms with Crippen molar-refractivity contribution in [1.29, 1.82) is 0 Å². The molecule has 0 fully saturated rings. The Bertz CT molecular complexity index is 531. The van der Waals surface area contributed by atoms with E-state index < -0.39 is 5.97 Å².